The van der Waals surface area contributed by atoms with E-state index in [9.17, 15) is 0 Å². The topological polar surface area (TPSA) is 28.4 Å². The molecule has 5 aromatic carbocycles. The molecular weight excluding hydrogens is 440 g/mol. The fraction of sp³-hybridized carbons (Fsp3) is 0.0909. The Morgan fingerprint density at radius 1 is 0.750 bits per heavy atom. The van der Waals surface area contributed by atoms with E-state index < -0.39 is 0 Å². The molecule has 0 saturated heterocycles. The molecule has 1 N–H and O–H groups in total. The lowest BCUT2D eigenvalue weighted by atomic mass is 9.86. The van der Waals surface area contributed by atoms with Crippen LogP contribution in [0.2, 0.25) is 0 Å². The van der Waals surface area contributed by atoms with Crippen LogP contribution in [-0.4, -0.2) is 6.67 Å². The highest BCUT2D eigenvalue weighted by atomic mass is 16.3. The third-order valence-corrected chi connectivity index (χ3v) is 7.78. The van der Waals surface area contributed by atoms with Gasteiger partial charge in [0.1, 0.15) is 11.2 Å². The van der Waals surface area contributed by atoms with E-state index in [1.54, 1.807) is 0 Å². The molecule has 6 aromatic rings. The Morgan fingerprint density at radius 3 is 2.44 bits per heavy atom. The first-order valence-electron chi connectivity index (χ1n) is 12.6. The number of hydrogen-bond donors (Lipinski definition) is 1. The average Bonchev–Trinajstić information content (AvgIpc) is 3.54. The van der Waals surface area contributed by atoms with Gasteiger partial charge in [-0.2, -0.15) is 0 Å². The highest BCUT2D eigenvalue weighted by molar-refractivity contribution is 6.22. The number of benzene rings is 5. The van der Waals surface area contributed by atoms with Crippen LogP contribution in [0, 0.1) is 0 Å². The largest absolute Gasteiger partial charge is 0.455 e. The van der Waals surface area contributed by atoms with Crippen LogP contribution in [0.3, 0.4) is 0 Å². The van der Waals surface area contributed by atoms with Gasteiger partial charge in [0.2, 0.25) is 0 Å². The van der Waals surface area contributed by atoms with Crippen LogP contribution in [0.4, 0.5) is 17.1 Å². The molecule has 1 unspecified atom stereocenters. The van der Waals surface area contributed by atoms with Gasteiger partial charge in [-0.1, -0.05) is 78.9 Å². The van der Waals surface area contributed by atoms with Gasteiger partial charge in [-0.15, -0.1) is 0 Å². The summed E-state index contributed by atoms with van der Waals surface area (Å²) in [6.45, 7) is 0.734. The van der Waals surface area contributed by atoms with E-state index in [4.69, 9.17) is 4.42 Å². The van der Waals surface area contributed by atoms with Crippen LogP contribution in [0.1, 0.15) is 17.9 Å². The van der Waals surface area contributed by atoms with E-state index in [2.05, 4.69) is 113 Å². The Morgan fingerprint density at radius 2 is 1.53 bits per heavy atom. The van der Waals surface area contributed by atoms with E-state index >= 15 is 0 Å². The number of fused-ring (bicyclic) bond motifs is 8. The van der Waals surface area contributed by atoms with Crippen molar-refractivity contribution >= 4 is 61.9 Å². The fourth-order valence-corrected chi connectivity index (χ4v) is 6.10. The van der Waals surface area contributed by atoms with Gasteiger partial charge < -0.3 is 14.6 Å². The molecule has 3 nitrogen and oxygen atoms in total. The maximum absolute atomic E-state index is 6.60. The van der Waals surface area contributed by atoms with Crippen LogP contribution in [0.15, 0.2) is 101 Å². The number of nitrogens with one attached hydrogen (secondary N) is 1. The maximum Gasteiger partial charge on any atom is 0.145 e. The third kappa shape index (κ3) is 2.80. The molecule has 8 rings (SSSR count). The minimum atomic E-state index is 0.308. The Balaban J connectivity index is 1.46. The second-order valence-corrected chi connectivity index (χ2v) is 9.77. The summed E-state index contributed by atoms with van der Waals surface area (Å²) in [5, 5.41) is 11.1. The second-order valence-electron chi connectivity index (χ2n) is 9.77. The van der Waals surface area contributed by atoms with Crippen molar-refractivity contribution in [3.8, 4) is 0 Å². The minimum absolute atomic E-state index is 0.308. The Bertz CT molecular complexity index is 1930. The van der Waals surface area contributed by atoms with Crippen LogP contribution < -0.4 is 20.7 Å². The molecule has 3 heteroatoms. The van der Waals surface area contributed by atoms with Gasteiger partial charge in [0.15, 0.2) is 0 Å². The van der Waals surface area contributed by atoms with Crippen LogP contribution in [0.25, 0.3) is 44.9 Å². The number of hydrogen-bond acceptors (Lipinski definition) is 3. The summed E-state index contributed by atoms with van der Waals surface area (Å²) in [6, 6.07) is 34.6. The molecule has 0 saturated carbocycles. The molecule has 1 aliphatic heterocycles. The maximum atomic E-state index is 6.60. The average molecular weight is 465 g/mol. The number of furan rings is 1. The molecule has 36 heavy (non-hydrogen) atoms. The Kier molecular flexibility index (Phi) is 4.12. The first-order chi connectivity index (χ1) is 17.8. The van der Waals surface area contributed by atoms with Gasteiger partial charge in [-0.05, 0) is 58.1 Å². The first kappa shape index (κ1) is 19.8. The van der Waals surface area contributed by atoms with Crippen molar-refractivity contribution in [3.05, 3.63) is 113 Å². The summed E-state index contributed by atoms with van der Waals surface area (Å²) in [7, 11) is 0. The zero-order valence-electron chi connectivity index (χ0n) is 19.7. The van der Waals surface area contributed by atoms with Gasteiger partial charge in [-0.3, -0.25) is 0 Å². The summed E-state index contributed by atoms with van der Waals surface area (Å²) >= 11 is 0. The van der Waals surface area contributed by atoms with Gasteiger partial charge in [0.25, 0.3) is 0 Å². The number of nitrogens with zero attached hydrogens (tertiary/aromatic N) is 1. The van der Waals surface area contributed by atoms with E-state index in [0.717, 1.165) is 29.6 Å². The molecule has 0 amide bonds. The summed E-state index contributed by atoms with van der Waals surface area (Å²) in [6.07, 6.45) is 5.80. The number of para-hydroxylation sites is 2. The molecule has 2 aliphatic rings. The summed E-state index contributed by atoms with van der Waals surface area (Å²) in [5.41, 5.74) is 6.79. The van der Waals surface area contributed by atoms with Crippen molar-refractivity contribution in [1.82, 2.24) is 0 Å². The van der Waals surface area contributed by atoms with Crippen molar-refractivity contribution in [2.24, 2.45) is 0 Å². The lowest BCUT2D eigenvalue weighted by Crippen LogP contribution is -2.27. The van der Waals surface area contributed by atoms with Crippen LogP contribution >= 0.6 is 0 Å². The van der Waals surface area contributed by atoms with E-state index in [1.807, 2.05) is 6.07 Å². The van der Waals surface area contributed by atoms with Gasteiger partial charge in [0, 0.05) is 22.4 Å². The predicted octanol–water partition coefficient (Wildman–Crippen LogP) is 7.01. The molecular formula is C33H24N2O. The SMILES string of the molecule is C1=c2ccccc2=CC(c2cc3c(c4c2ccc2c5ccccc5oc24)N(c2ccccc2)CN3)C1. The van der Waals surface area contributed by atoms with Crippen molar-refractivity contribution in [2.45, 2.75) is 12.3 Å². The zero-order valence-corrected chi connectivity index (χ0v) is 19.7. The minimum Gasteiger partial charge on any atom is -0.455 e. The molecule has 172 valence electrons. The van der Waals surface area contributed by atoms with Crippen molar-refractivity contribution in [1.29, 1.82) is 0 Å². The molecule has 2 heterocycles. The van der Waals surface area contributed by atoms with Crippen molar-refractivity contribution < 1.29 is 4.42 Å². The third-order valence-electron chi connectivity index (χ3n) is 7.78. The predicted molar refractivity (Wildman–Crippen MR) is 150 cm³/mol. The lowest BCUT2D eigenvalue weighted by molar-refractivity contribution is 0.672. The van der Waals surface area contributed by atoms with E-state index in [-0.39, 0.29) is 0 Å². The van der Waals surface area contributed by atoms with E-state index in [0.29, 0.717) is 5.92 Å². The molecule has 0 bridgehead atoms. The molecule has 1 aliphatic carbocycles. The Labute approximate surface area is 208 Å². The molecule has 1 aromatic heterocycles. The highest BCUT2D eigenvalue weighted by Gasteiger charge is 2.28. The fourth-order valence-electron chi connectivity index (χ4n) is 6.10. The van der Waals surface area contributed by atoms with Gasteiger partial charge in [0.05, 0.1) is 23.4 Å². The summed E-state index contributed by atoms with van der Waals surface area (Å²) in [5.74, 6) is 0.308. The van der Waals surface area contributed by atoms with Crippen LogP contribution in [-0.2, 0) is 0 Å². The summed E-state index contributed by atoms with van der Waals surface area (Å²) < 4.78 is 6.60. The molecule has 0 fully saturated rings. The van der Waals surface area contributed by atoms with Crippen LogP contribution in [0.5, 0.6) is 0 Å². The normalized spacial score (nSPS) is 16.4. The first-order valence-corrected chi connectivity index (χ1v) is 12.6. The number of rotatable bonds is 2. The zero-order chi connectivity index (χ0) is 23.6. The van der Waals surface area contributed by atoms with Crippen molar-refractivity contribution in [3.63, 3.8) is 0 Å². The standard InChI is InChI=1S/C33H24N2O/c1-2-10-24(11-3-1)35-20-34-29-19-28(23-15-14-21-8-4-5-9-22(21)18-23)26-16-17-27-25-12-6-7-13-30(25)36-33(27)31(26)32(29)35/h1-14,16-19,23,34H,15,20H2. The molecule has 0 radical (unpaired) electrons. The van der Waals surface area contributed by atoms with Gasteiger partial charge >= 0.3 is 0 Å². The number of anilines is 3. The highest BCUT2D eigenvalue weighted by Crippen LogP contribution is 2.49. The smallest absolute Gasteiger partial charge is 0.145 e. The lowest BCUT2D eigenvalue weighted by Gasteiger charge is -2.23. The molecule has 0 spiro atoms. The summed E-state index contributed by atoms with van der Waals surface area (Å²) in [4.78, 5) is 2.38. The quantitative estimate of drug-likeness (QED) is 0.299. The van der Waals surface area contributed by atoms with E-state index in [1.165, 1.54) is 49.2 Å². The second kappa shape index (κ2) is 7.50. The molecule has 1 atom stereocenters. The Hall–Kier alpha value is -4.50. The van der Waals surface area contributed by atoms with Crippen molar-refractivity contribution in [2.75, 3.05) is 16.9 Å². The van der Waals surface area contributed by atoms with Gasteiger partial charge in [-0.25, -0.2) is 0 Å². The monoisotopic (exact) mass is 464 g/mol.